The molecule has 1 heterocycles. The van der Waals surface area contributed by atoms with Crippen LogP contribution < -0.4 is 5.43 Å². The van der Waals surface area contributed by atoms with Crippen LogP contribution in [0.15, 0.2) is 58.5 Å². The molecule has 0 saturated carbocycles. The first-order valence-electron chi connectivity index (χ1n) is 8.66. The van der Waals surface area contributed by atoms with Crippen LogP contribution in [-0.4, -0.2) is 50.6 Å². The number of morpholine rings is 1. The molecule has 3 rings (SSSR count). The monoisotopic (exact) mass is 405 g/mol. The van der Waals surface area contributed by atoms with Gasteiger partial charge in [-0.1, -0.05) is 18.2 Å². The molecular weight excluding hydrogens is 385 g/mol. The standard InChI is InChI=1S/C19H20FN3O4S/c1-14(15-5-7-17(20)8-6-15)21-22-19(24)16-3-2-4-18(13-16)28(25,26)23-9-11-27-12-10-23/h2-8,13H,9-12H2,1H3,(H,22,24)/b21-14+. The highest BCUT2D eigenvalue weighted by Crippen LogP contribution is 2.18. The van der Waals surface area contributed by atoms with Gasteiger partial charge in [-0.25, -0.2) is 18.2 Å². The van der Waals surface area contributed by atoms with Crippen LogP contribution in [0.25, 0.3) is 0 Å². The fourth-order valence-electron chi connectivity index (χ4n) is 2.69. The second-order valence-corrected chi connectivity index (χ2v) is 8.13. The zero-order chi connectivity index (χ0) is 20.1. The number of rotatable bonds is 5. The van der Waals surface area contributed by atoms with Gasteiger partial charge in [-0.2, -0.15) is 9.41 Å². The van der Waals surface area contributed by atoms with E-state index in [4.69, 9.17) is 4.74 Å². The van der Waals surface area contributed by atoms with Crippen molar-refractivity contribution in [2.24, 2.45) is 5.10 Å². The normalized spacial score (nSPS) is 16.0. The molecule has 1 saturated heterocycles. The molecule has 2 aromatic carbocycles. The van der Waals surface area contributed by atoms with Gasteiger partial charge in [0.05, 0.1) is 23.8 Å². The zero-order valence-electron chi connectivity index (χ0n) is 15.3. The third-order valence-electron chi connectivity index (χ3n) is 4.29. The number of hydrogen-bond donors (Lipinski definition) is 1. The number of carbonyl (C=O) groups is 1. The minimum atomic E-state index is -3.69. The molecule has 148 valence electrons. The predicted molar refractivity (Wildman–Crippen MR) is 102 cm³/mol. The lowest BCUT2D eigenvalue weighted by Crippen LogP contribution is -2.40. The van der Waals surface area contributed by atoms with Gasteiger partial charge in [0, 0.05) is 18.7 Å². The Hall–Kier alpha value is -2.62. The number of hydrazone groups is 1. The number of amides is 1. The van der Waals surface area contributed by atoms with E-state index in [-0.39, 0.29) is 29.4 Å². The van der Waals surface area contributed by atoms with Crippen LogP contribution in [0.3, 0.4) is 0 Å². The van der Waals surface area contributed by atoms with Crippen molar-refractivity contribution < 1.29 is 22.3 Å². The van der Waals surface area contributed by atoms with Crippen LogP contribution in [0, 0.1) is 5.82 Å². The number of sulfonamides is 1. The summed E-state index contributed by atoms with van der Waals surface area (Å²) in [6.07, 6.45) is 0. The summed E-state index contributed by atoms with van der Waals surface area (Å²) in [6.45, 7) is 2.92. The molecule has 28 heavy (non-hydrogen) atoms. The highest BCUT2D eigenvalue weighted by molar-refractivity contribution is 7.89. The van der Waals surface area contributed by atoms with Crippen molar-refractivity contribution >= 4 is 21.6 Å². The number of nitrogens with one attached hydrogen (secondary N) is 1. The van der Waals surface area contributed by atoms with Gasteiger partial charge in [0.25, 0.3) is 5.91 Å². The van der Waals surface area contributed by atoms with E-state index in [9.17, 15) is 17.6 Å². The summed E-state index contributed by atoms with van der Waals surface area (Å²) >= 11 is 0. The predicted octanol–water partition coefficient (Wildman–Crippen LogP) is 2.00. The smallest absolute Gasteiger partial charge is 0.271 e. The van der Waals surface area contributed by atoms with Gasteiger partial charge < -0.3 is 4.74 Å². The molecule has 1 aliphatic heterocycles. The highest BCUT2D eigenvalue weighted by Gasteiger charge is 2.26. The Morgan fingerprint density at radius 2 is 1.79 bits per heavy atom. The summed E-state index contributed by atoms with van der Waals surface area (Å²) in [5, 5.41) is 4.00. The van der Waals surface area contributed by atoms with E-state index in [2.05, 4.69) is 10.5 Å². The van der Waals surface area contributed by atoms with Gasteiger partial charge in [0.2, 0.25) is 10.0 Å². The third kappa shape index (κ3) is 4.61. The van der Waals surface area contributed by atoms with E-state index in [1.165, 1.54) is 40.7 Å². The van der Waals surface area contributed by atoms with Gasteiger partial charge in [-0.15, -0.1) is 0 Å². The second kappa shape index (κ2) is 8.59. The van der Waals surface area contributed by atoms with Crippen molar-refractivity contribution in [3.63, 3.8) is 0 Å². The van der Waals surface area contributed by atoms with Crippen LogP contribution >= 0.6 is 0 Å². The fourth-order valence-corrected chi connectivity index (χ4v) is 4.14. The molecular formula is C19H20FN3O4S. The number of benzene rings is 2. The maximum absolute atomic E-state index is 13.0. The summed E-state index contributed by atoms with van der Waals surface area (Å²) in [5.41, 5.74) is 3.72. The van der Waals surface area contributed by atoms with E-state index >= 15 is 0 Å². The van der Waals surface area contributed by atoms with E-state index in [0.717, 1.165) is 0 Å². The van der Waals surface area contributed by atoms with E-state index in [1.54, 1.807) is 19.1 Å². The Balaban J connectivity index is 1.75. The number of halogens is 1. The third-order valence-corrected chi connectivity index (χ3v) is 6.19. The molecule has 0 aromatic heterocycles. The molecule has 1 aliphatic rings. The van der Waals surface area contributed by atoms with Crippen molar-refractivity contribution in [2.75, 3.05) is 26.3 Å². The Bertz CT molecular complexity index is 984. The Morgan fingerprint density at radius 1 is 1.11 bits per heavy atom. The molecule has 0 unspecified atom stereocenters. The summed E-state index contributed by atoms with van der Waals surface area (Å²) in [5.74, 6) is -0.903. The summed E-state index contributed by atoms with van der Waals surface area (Å²) in [4.78, 5) is 12.4. The van der Waals surface area contributed by atoms with Crippen LogP contribution in [0.4, 0.5) is 4.39 Å². The molecule has 1 amide bonds. The van der Waals surface area contributed by atoms with E-state index < -0.39 is 15.9 Å². The Labute approximate surface area is 162 Å². The lowest BCUT2D eigenvalue weighted by Gasteiger charge is -2.26. The average molecular weight is 405 g/mol. The summed E-state index contributed by atoms with van der Waals surface area (Å²) in [7, 11) is -3.69. The fraction of sp³-hybridized carbons (Fsp3) is 0.263. The minimum absolute atomic E-state index is 0.0429. The quantitative estimate of drug-likeness (QED) is 0.609. The van der Waals surface area contributed by atoms with Crippen LogP contribution in [-0.2, 0) is 14.8 Å². The van der Waals surface area contributed by atoms with Crippen LogP contribution in [0.1, 0.15) is 22.8 Å². The van der Waals surface area contributed by atoms with Gasteiger partial charge >= 0.3 is 0 Å². The number of hydrogen-bond acceptors (Lipinski definition) is 5. The van der Waals surface area contributed by atoms with Gasteiger partial charge in [-0.3, -0.25) is 4.79 Å². The van der Waals surface area contributed by atoms with E-state index in [1.807, 2.05) is 0 Å². The molecule has 0 spiro atoms. The van der Waals surface area contributed by atoms with Gasteiger partial charge in [0.1, 0.15) is 5.82 Å². The molecule has 0 radical (unpaired) electrons. The van der Waals surface area contributed by atoms with Crippen molar-refractivity contribution in [1.29, 1.82) is 0 Å². The second-order valence-electron chi connectivity index (χ2n) is 6.19. The Morgan fingerprint density at radius 3 is 2.46 bits per heavy atom. The van der Waals surface area contributed by atoms with Crippen molar-refractivity contribution in [2.45, 2.75) is 11.8 Å². The molecule has 1 fully saturated rings. The summed E-state index contributed by atoms with van der Waals surface area (Å²) < 4.78 is 44.9. The SMILES string of the molecule is C/C(=N\NC(=O)c1cccc(S(=O)(=O)N2CCOCC2)c1)c1ccc(F)cc1. The van der Waals surface area contributed by atoms with Crippen molar-refractivity contribution in [1.82, 2.24) is 9.73 Å². The maximum atomic E-state index is 13.0. The molecule has 2 aromatic rings. The first-order chi connectivity index (χ1) is 13.4. The maximum Gasteiger partial charge on any atom is 0.271 e. The first kappa shape index (κ1) is 20.1. The molecule has 1 N–H and O–H groups in total. The largest absolute Gasteiger partial charge is 0.379 e. The van der Waals surface area contributed by atoms with Crippen molar-refractivity contribution in [3.8, 4) is 0 Å². The lowest BCUT2D eigenvalue weighted by molar-refractivity contribution is 0.0730. The molecule has 0 bridgehead atoms. The minimum Gasteiger partial charge on any atom is -0.379 e. The van der Waals surface area contributed by atoms with E-state index in [0.29, 0.717) is 24.5 Å². The van der Waals surface area contributed by atoms with Crippen molar-refractivity contribution in [3.05, 3.63) is 65.5 Å². The number of ether oxygens (including phenoxy) is 1. The number of carbonyl (C=O) groups excluding carboxylic acids is 1. The average Bonchev–Trinajstić information content (AvgIpc) is 2.73. The van der Waals surface area contributed by atoms with Crippen LogP contribution in [0.2, 0.25) is 0 Å². The zero-order valence-corrected chi connectivity index (χ0v) is 16.1. The number of nitrogens with zero attached hydrogens (tertiary/aromatic N) is 2. The molecule has 0 atom stereocenters. The highest BCUT2D eigenvalue weighted by atomic mass is 32.2. The Kier molecular flexibility index (Phi) is 6.18. The molecule has 9 heteroatoms. The first-order valence-corrected chi connectivity index (χ1v) is 10.1. The van der Waals surface area contributed by atoms with Gasteiger partial charge in [0.15, 0.2) is 0 Å². The molecule has 7 nitrogen and oxygen atoms in total. The lowest BCUT2D eigenvalue weighted by atomic mass is 10.1. The van der Waals surface area contributed by atoms with Crippen LogP contribution in [0.5, 0.6) is 0 Å². The topological polar surface area (TPSA) is 88.1 Å². The summed E-state index contributed by atoms with van der Waals surface area (Å²) in [6, 6.07) is 11.5. The van der Waals surface area contributed by atoms with Gasteiger partial charge in [-0.05, 0) is 42.8 Å². The molecule has 0 aliphatic carbocycles.